The Kier molecular flexibility index (Phi) is 4.81. The van der Waals surface area contributed by atoms with E-state index in [4.69, 9.17) is 0 Å². The molecule has 1 aliphatic carbocycles. The van der Waals surface area contributed by atoms with Gasteiger partial charge in [-0.2, -0.15) is 0 Å². The largest absolute Gasteiger partial charge is 0.0877 e. The normalized spacial score (nSPS) is 17.9. The average Bonchev–Trinajstić information content (AvgIpc) is 2.42. The lowest BCUT2D eigenvalue weighted by molar-refractivity contribution is 0.443. The Morgan fingerprint density at radius 2 is 1.83 bits per heavy atom. The predicted octanol–water partition coefficient (Wildman–Crippen LogP) is 5.63. The van der Waals surface area contributed by atoms with Gasteiger partial charge in [0.15, 0.2) is 0 Å². The summed E-state index contributed by atoms with van der Waals surface area (Å²) in [5.74, 6) is 0.811. The Hall–Kier alpha value is -1.30. The van der Waals surface area contributed by atoms with E-state index in [1.807, 2.05) is 6.92 Å². The highest BCUT2D eigenvalue weighted by atomic mass is 14.2. The zero-order valence-electron chi connectivity index (χ0n) is 11.7. The van der Waals surface area contributed by atoms with Crippen LogP contribution in [0.1, 0.15) is 61.6 Å². The number of allylic oxidation sites excluding steroid dienone is 3. The van der Waals surface area contributed by atoms with Gasteiger partial charge in [-0.25, -0.2) is 0 Å². The third kappa shape index (κ3) is 3.35. The van der Waals surface area contributed by atoms with Crippen LogP contribution in [-0.4, -0.2) is 0 Å². The molecule has 0 aromatic heterocycles. The van der Waals surface area contributed by atoms with Crippen molar-refractivity contribution >= 4 is 6.08 Å². The van der Waals surface area contributed by atoms with Gasteiger partial charge in [-0.05, 0) is 49.3 Å². The van der Waals surface area contributed by atoms with Crippen LogP contribution in [-0.2, 0) is 0 Å². The summed E-state index contributed by atoms with van der Waals surface area (Å²) in [7, 11) is 0. The summed E-state index contributed by atoms with van der Waals surface area (Å²) in [5, 5.41) is 0. The topological polar surface area (TPSA) is 0 Å². The maximum Gasteiger partial charge on any atom is -0.0162 e. The summed E-state index contributed by atoms with van der Waals surface area (Å²) in [6.45, 7) is 4.27. The van der Waals surface area contributed by atoms with Crippen LogP contribution >= 0.6 is 0 Å². The van der Waals surface area contributed by atoms with Crippen molar-refractivity contribution in [1.29, 1.82) is 0 Å². The maximum atomic E-state index is 2.39. The molecule has 0 N–H and O–H groups in total. The predicted molar refractivity (Wildman–Crippen MR) is 80.9 cm³/mol. The molecular formula is C18H24. The molecule has 2 rings (SSSR count). The zero-order valence-corrected chi connectivity index (χ0v) is 11.7. The molecule has 1 aliphatic rings. The van der Waals surface area contributed by atoms with Crippen molar-refractivity contribution in [2.75, 3.05) is 0 Å². The van der Waals surface area contributed by atoms with Crippen molar-refractivity contribution in [1.82, 2.24) is 0 Å². The highest BCUT2D eigenvalue weighted by molar-refractivity contribution is 5.56. The van der Waals surface area contributed by atoms with Gasteiger partial charge in [0.2, 0.25) is 0 Å². The Balaban J connectivity index is 2.13. The van der Waals surface area contributed by atoms with E-state index in [1.165, 1.54) is 43.2 Å². The Morgan fingerprint density at radius 1 is 1.06 bits per heavy atom. The third-order valence-corrected chi connectivity index (χ3v) is 3.95. The number of benzene rings is 1. The fourth-order valence-electron chi connectivity index (χ4n) is 2.85. The van der Waals surface area contributed by atoms with E-state index in [0.717, 1.165) is 5.92 Å². The molecule has 0 atom stereocenters. The highest BCUT2D eigenvalue weighted by Crippen LogP contribution is 2.33. The van der Waals surface area contributed by atoms with Crippen molar-refractivity contribution in [2.45, 2.75) is 51.9 Å². The summed E-state index contributed by atoms with van der Waals surface area (Å²) in [6.07, 6.45) is 15.5. The van der Waals surface area contributed by atoms with Gasteiger partial charge in [0, 0.05) is 0 Å². The number of hydrogen-bond donors (Lipinski definition) is 0. The van der Waals surface area contributed by atoms with Crippen LogP contribution in [0.15, 0.2) is 36.4 Å². The molecule has 18 heavy (non-hydrogen) atoms. The molecule has 0 amide bonds. The molecule has 1 aromatic rings. The summed E-state index contributed by atoms with van der Waals surface area (Å²) < 4.78 is 0. The lowest BCUT2D eigenvalue weighted by atomic mass is 9.83. The lowest BCUT2D eigenvalue weighted by Gasteiger charge is -2.22. The summed E-state index contributed by atoms with van der Waals surface area (Å²) >= 11 is 0. The molecule has 0 saturated heterocycles. The molecule has 0 heterocycles. The second kappa shape index (κ2) is 6.58. The first kappa shape index (κ1) is 13.1. The van der Waals surface area contributed by atoms with Crippen LogP contribution in [0, 0.1) is 6.92 Å². The van der Waals surface area contributed by atoms with E-state index in [1.54, 1.807) is 5.56 Å². The van der Waals surface area contributed by atoms with E-state index >= 15 is 0 Å². The quantitative estimate of drug-likeness (QED) is 0.600. The number of aryl methyl sites for hydroxylation is 1. The van der Waals surface area contributed by atoms with Crippen LogP contribution in [0.5, 0.6) is 0 Å². The average molecular weight is 240 g/mol. The van der Waals surface area contributed by atoms with Gasteiger partial charge >= 0.3 is 0 Å². The molecule has 0 nitrogen and oxygen atoms in total. The lowest BCUT2D eigenvalue weighted by Crippen LogP contribution is -2.04. The molecule has 0 spiro atoms. The molecule has 1 aromatic carbocycles. The standard InChI is InChI=1S/C18H24/c1-3-4-6-9-16-12-13-18(14-15(16)2)17-10-7-5-8-11-17/h3-4,6,9,12-14,17H,5,7-8,10-11H2,1-2H3/b4-3-,9-6-. The van der Waals surface area contributed by atoms with Crippen LogP contribution in [0.25, 0.3) is 6.08 Å². The first-order chi connectivity index (χ1) is 8.81. The van der Waals surface area contributed by atoms with Crippen LogP contribution < -0.4 is 0 Å². The van der Waals surface area contributed by atoms with Gasteiger partial charge in [-0.1, -0.05) is 61.8 Å². The highest BCUT2D eigenvalue weighted by Gasteiger charge is 2.15. The minimum Gasteiger partial charge on any atom is -0.0877 e. The van der Waals surface area contributed by atoms with Gasteiger partial charge < -0.3 is 0 Å². The summed E-state index contributed by atoms with van der Waals surface area (Å²) in [6, 6.07) is 7.00. The van der Waals surface area contributed by atoms with Crippen molar-refractivity contribution < 1.29 is 0 Å². The number of hydrogen-bond acceptors (Lipinski definition) is 0. The van der Waals surface area contributed by atoms with Crippen molar-refractivity contribution in [3.05, 3.63) is 53.1 Å². The van der Waals surface area contributed by atoms with Gasteiger partial charge in [-0.15, -0.1) is 0 Å². The van der Waals surface area contributed by atoms with Crippen molar-refractivity contribution in [3.8, 4) is 0 Å². The molecule has 0 radical (unpaired) electrons. The Morgan fingerprint density at radius 3 is 2.50 bits per heavy atom. The first-order valence-electron chi connectivity index (χ1n) is 7.21. The molecule has 0 unspecified atom stereocenters. The molecular weight excluding hydrogens is 216 g/mol. The van der Waals surface area contributed by atoms with E-state index < -0.39 is 0 Å². The van der Waals surface area contributed by atoms with Gasteiger partial charge in [0.1, 0.15) is 0 Å². The summed E-state index contributed by atoms with van der Waals surface area (Å²) in [4.78, 5) is 0. The second-order valence-electron chi connectivity index (χ2n) is 5.34. The molecule has 1 fully saturated rings. The van der Waals surface area contributed by atoms with Crippen molar-refractivity contribution in [2.24, 2.45) is 0 Å². The van der Waals surface area contributed by atoms with E-state index in [-0.39, 0.29) is 0 Å². The maximum absolute atomic E-state index is 2.39. The monoisotopic (exact) mass is 240 g/mol. The molecule has 0 heteroatoms. The van der Waals surface area contributed by atoms with E-state index in [0.29, 0.717) is 0 Å². The fourth-order valence-corrected chi connectivity index (χ4v) is 2.85. The van der Waals surface area contributed by atoms with Crippen LogP contribution in [0.3, 0.4) is 0 Å². The minimum atomic E-state index is 0.811. The fraction of sp³-hybridized carbons (Fsp3) is 0.444. The molecule has 1 saturated carbocycles. The van der Waals surface area contributed by atoms with Crippen LogP contribution in [0.4, 0.5) is 0 Å². The minimum absolute atomic E-state index is 0.811. The SMILES string of the molecule is C/C=C\C=C/c1ccc(C2CCCCC2)cc1C. The van der Waals surface area contributed by atoms with Crippen LogP contribution in [0.2, 0.25) is 0 Å². The van der Waals surface area contributed by atoms with Gasteiger partial charge in [-0.3, -0.25) is 0 Å². The molecule has 96 valence electrons. The smallest absolute Gasteiger partial charge is 0.0162 e. The zero-order chi connectivity index (χ0) is 12.8. The Labute approximate surface area is 111 Å². The Bertz CT molecular complexity index is 431. The first-order valence-corrected chi connectivity index (χ1v) is 7.21. The number of rotatable bonds is 3. The van der Waals surface area contributed by atoms with Crippen molar-refractivity contribution in [3.63, 3.8) is 0 Å². The van der Waals surface area contributed by atoms with Gasteiger partial charge in [0.05, 0.1) is 0 Å². The second-order valence-corrected chi connectivity index (χ2v) is 5.34. The van der Waals surface area contributed by atoms with E-state index in [2.05, 4.69) is 49.4 Å². The van der Waals surface area contributed by atoms with E-state index in [9.17, 15) is 0 Å². The summed E-state index contributed by atoms with van der Waals surface area (Å²) in [5.41, 5.74) is 4.29. The third-order valence-electron chi connectivity index (χ3n) is 3.95. The van der Waals surface area contributed by atoms with Gasteiger partial charge in [0.25, 0.3) is 0 Å². The molecule has 0 bridgehead atoms. The molecule has 0 aliphatic heterocycles.